The molecule has 1 aromatic carbocycles. The molecule has 2 rings (SSSR count). The number of hydrogen-bond acceptors (Lipinski definition) is 3. The molecule has 0 unspecified atom stereocenters. The summed E-state index contributed by atoms with van der Waals surface area (Å²) in [5.41, 5.74) is 3.90. The lowest BCUT2D eigenvalue weighted by atomic mass is 9.92. The number of aliphatic hydroxyl groups is 1. The Kier molecular flexibility index (Phi) is 9.51. The van der Waals surface area contributed by atoms with E-state index in [0.717, 1.165) is 31.4 Å². The van der Waals surface area contributed by atoms with E-state index in [1.807, 2.05) is 6.08 Å². The molecule has 0 saturated heterocycles. The van der Waals surface area contributed by atoms with Crippen molar-refractivity contribution in [1.82, 2.24) is 0 Å². The summed E-state index contributed by atoms with van der Waals surface area (Å²) >= 11 is 6.51. The van der Waals surface area contributed by atoms with Crippen molar-refractivity contribution in [1.29, 1.82) is 0 Å². The first-order valence-corrected chi connectivity index (χ1v) is 11.2. The number of carboxylic acids is 1. The van der Waals surface area contributed by atoms with Crippen LogP contribution in [0.3, 0.4) is 0 Å². The van der Waals surface area contributed by atoms with Gasteiger partial charge in [0.25, 0.3) is 0 Å². The first kappa shape index (κ1) is 23.8. The highest BCUT2D eigenvalue weighted by Gasteiger charge is 2.41. The van der Waals surface area contributed by atoms with E-state index in [1.54, 1.807) is 0 Å². The monoisotopic (exact) mass is 422 g/mol. The van der Waals surface area contributed by atoms with Crippen LogP contribution < -0.4 is 4.74 Å². The van der Waals surface area contributed by atoms with Gasteiger partial charge in [0.2, 0.25) is 0 Å². The summed E-state index contributed by atoms with van der Waals surface area (Å²) in [5.74, 6) is 0.248. The standard InChI is InChI=1S/C24H35ClO4/c1-4-9-19-16(2)12-18(13-17(19)3)29-15-21-20(22(25)14-23(21)26)10-7-5-6-8-11-24(27)28/h5,7,12-13,20-23,26H,4,6,8-11,14-15H2,1-3H3,(H,27,28)/b7-5-/t20-,21-,22-,23-/m1/s1. The number of halogens is 1. The summed E-state index contributed by atoms with van der Waals surface area (Å²) in [6.45, 7) is 6.89. The first-order valence-electron chi connectivity index (χ1n) is 10.7. The maximum atomic E-state index is 10.6. The number of hydrogen-bond donors (Lipinski definition) is 2. The number of unbranched alkanes of at least 4 members (excludes halogenated alkanes) is 1. The molecule has 1 fully saturated rings. The van der Waals surface area contributed by atoms with Gasteiger partial charge in [-0.2, -0.15) is 0 Å². The van der Waals surface area contributed by atoms with E-state index in [4.69, 9.17) is 21.4 Å². The second-order valence-electron chi connectivity index (χ2n) is 8.24. The summed E-state index contributed by atoms with van der Waals surface area (Å²) in [6.07, 6.45) is 8.78. The Balaban J connectivity index is 1.93. The van der Waals surface area contributed by atoms with Gasteiger partial charge < -0.3 is 14.9 Å². The smallest absolute Gasteiger partial charge is 0.303 e. The quantitative estimate of drug-likeness (QED) is 0.283. The van der Waals surface area contributed by atoms with Gasteiger partial charge in [0.1, 0.15) is 5.75 Å². The Morgan fingerprint density at radius 1 is 1.24 bits per heavy atom. The minimum absolute atomic E-state index is 0.00269. The summed E-state index contributed by atoms with van der Waals surface area (Å²) in [6, 6.07) is 4.18. The number of aliphatic hydroxyl groups excluding tert-OH is 1. The fourth-order valence-corrected chi connectivity index (χ4v) is 4.78. The summed E-state index contributed by atoms with van der Waals surface area (Å²) < 4.78 is 6.10. The predicted molar refractivity (Wildman–Crippen MR) is 118 cm³/mol. The molecule has 0 heterocycles. The Labute approximate surface area is 179 Å². The van der Waals surface area contributed by atoms with Gasteiger partial charge in [-0.05, 0) is 80.7 Å². The first-order chi connectivity index (χ1) is 13.8. The van der Waals surface area contributed by atoms with Crippen LogP contribution in [0.25, 0.3) is 0 Å². The van der Waals surface area contributed by atoms with Gasteiger partial charge in [0.05, 0.1) is 12.7 Å². The van der Waals surface area contributed by atoms with E-state index in [2.05, 4.69) is 39.0 Å². The number of aryl methyl sites for hydroxylation is 2. The van der Waals surface area contributed by atoms with E-state index >= 15 is 0 Å². The fourth-order valence-electron chi connectivity index (χ4n) is 4.31. The van der Waals surface area contributed by atoms with Crippen molar-refractivity contribution < 1.29 is 19.7 Å². The van der Waals surface area contributed by atoms with Crippen molar-refractivity contribution in [3.05, 3.63) is 41.0 Å². The number of alkyl halides is 1. The van der Waals surface area contributed by atoms with Gasteiger partial charge in [-0.25, -0.2) is 0 Å². The maximum Gasteiger partial charge on any atom is 0.303 e. The Hall–Kier alpha value is -1.52. The van der Waals surface area contributed by atoms with E-state index in [9.17, 15) is 9.90 Å². The molecule has 1 saturated carbocycles. The third kappa shape index (κ3) is 7.04. The Bertz CT molecular complexity index is 677. The second-order valence-corrected chi connectivity index (χ2v) is 8.80. The minimum atomic E-state index is -0.761. The molecule has 0 spiro atoms. The highest BCUT2D eigenvalue weighted by Crippen LogP contribution is 2.39. The molecule has 1 aliphatic rings. The van der Waals surface area contributed by atoms with Gasteiger partial charge in [-0.15, -0.1) is 11.6 Å². The van der Waals surface area contributed by atoms with Gasteiger partial charge in [-0.1, -0.05) is 25.5 Å². The van der Waals surface area contributed by atoms with Crippen LogP contribution in [-0.4, -0.2) is 34.3 Å². The average molecular weight is 423 g/mol. The number of ether oxygens (including phenoxy) is 1. The fraction of sp³-hybridized carbons (Fsp3) is 0.625. The van der Waals surface area contributed by atoms with E-state index in [0.29, 0.717) is 19.4 Å². The normalized spacial score (nSPS) is 24.3. The lowest BCUT2D eigenvalue weighted by molar-refractivity contribution is -0.137. The predicted octanol–water partition coefficient (Wildman–Crippen LogP) is 5.44. The van der Waals surface area contributed by atoms with Gasteiger partial charge in [-0.3, -0.25) is 4.79 Å². The van der Waals surface area contributed by atoms with Crippen LogP contribution in [0.1, 0.15) is 62.1 Å². The van der Waals surface area contributed by atoms with Crippen LogP contribution in [0.5, 0.6) is 5.75 Å². The van der Waals surface area contributed by atoms with Crippen LogP contribution in [0.15, 0.2) is 24.3 Å². The number of benzene rings is 1. The van der Waals surface area contributed by atoms with Crippen molar-refractivity contribution in [2.45, 2.75) is 77.2 Å². The third-order valence-corrected chi connectivity index (χ3v) is 6.43. The largest absolute Gasteiger partial charge is 0.493 e. The molecule has 1 aromatic rings. The molecule has 1 aliphatic carbocycles. The maximum absolute atomic E-state index is 10.6. The highest BCUT2D eigenvalue weighted by molar-refractivity contribution is 6.21. The number of rotatable bonds is 11. The zero-order chi connectivity index (χ0) is 21.4. The molecular formula is C24H35ClO4. The van der Waals surface area contributed by atoms with Crippen LogP contribution in [0.2, 0.25) is 0 Å². The number of aliphatic carboxylic acids is 1. The van der Waals surface area contributed by atoms with Crippen molar-refractivity contribution in [2.24, 2.45) is 11.8 Å². The molecular weight excluding hydrogens is 388 g/mol. The third-order valence-electron chi connectivity index (χ3n) is 5.92. The molecule has 0 radical (unpaired) electrons. The average Bonchev–Trinajstić information content (AvgIpc) is 2.92. The number of allylic oxidation sites excluding steroid dienone is 2. The van der Waals surface area contributed by atoms with Gasteiger partial charge >= 0.3 is 5.97 Å². The van der Waals surface area contributed by atoms with E-state index in [1.165, 1.54) is 16.7 Å². The van der Waals surface area contributed by atoms with E-state index < -0.39 is 12.1 Å². The molecule has 0 aliphatic heterocycles. The topological polar surface area (TPSA) is 66.8 Å². The van der Waals surface area contributed by atoms with Gasteiger partial charge in [0, 0.05) is 17.7 Å². The minimum Gasteiger partial charge on any atom is -0.493 e. The molecule has 4 atom stereocenters. The summed E-state index contributed by atoms with van der Waals surface area (Å²) in [5, 5.41) is 19.1. The number of carboxylic acid groups (broad SMARTS) is 1. The van der Waals surface area contributed by atoms with Crippen LogP contribution in [0, 0.1) is 25.7 Å². The molecule has 0 amide bonds. The molecule has 2 N–H and O–H groups in total. The van der Waals surface area contributed by atoms with Gasteiger partial charge in [0.15, 0.2) is 0 Å². The molecule has 0 aromatic heterocycles. The van der Waals surface area contributed by atoms with Crippen LogP contribution >= 0.6 is 11.6 Å². The summed E-state index contributed by atoms with van der Waals surface area (Å²) in [7, 11) is 0. The van der Waals surface area contributed by atoms with Crippen LogP contribution in [-0.2, 0) is 11.2 Å². The molecule has 4 nitrogen and oxygen atoms in total. The lowest BCUT2D eigenvalue weighted by Crippen LogP contribution is -2.27. The Morgan fingerprint density at radius 2 is 1.93 bits per heavy atom. The second kappa shape index (κ2) is 11.6. The van der Waals surface area contributed by atoms with Crippen molar-refractivity contribution in [2.75, 3.05) is 6.61 Å². The van der Waals surface area contributed by atoms with Crippen molar-refractivity contribution in [3.8, 4) is 5.75 Å². The Morgan fingerprint density at radius 3 is 2.55 bits per heavy atom. The van der Waals surface area contributed by atoms with Crippen molar-refractivity contribution in [3.63, 3.8) is 0 Å². The lowest BCUT2D eigenvalue weighted by Gasteiger charge is -2.23. The molecule has 0 bridgehead atoms. The highest BCUT2D eigenvalue weighted by atomic mass is 35.5. The zero-order valence-electron chi connectivity index (χ0n) is 17.9. The summed E-state index contributed by atoms with van der Waals surface area (Å²) in [4.78, 5) is 10.6. The zero-order valence-corrected chi connectivity index (χ0v) is 18.6. The van der Waals surface area contributed by atoms with Crippen LogP contribution in [0.4, 0.5) is 0 Å². The molecule has 29 heavy (non-hydrogen) atoms. The molecule has 5 heteroatoms. The number of carbonyl (C=O) groups is 1. The molecule has 162 valence electrons. The SMILES string of the molecule is CCCc1c(C)cc(OC[C@@H]2[C@@H](C/C=C\CCCC(=O)O)[C@H](Cl)C[C@H]2O)cc1C. The van der Waals surface area contributed by atoms with Crippen molar-refractivity contribution >= 4 is 17.6 Å². The van der Waals surface area contributed by atoms with E-state index in [-0.39, 0.29) is 23.6 Å².